The number of aliphatic hydroxyl groups excluding tert-OH is 1. The van der Waals surface area contributed by atoms with Gasteiger partial charge in [0.1, 0.15) is 12.2 Å². The highest BCUT2D eigenvalue weighted by Gasteiger charge is 2.48. The van der Waals surface area contributed by atoms with E-state index < -0.39 is 30.5 Å². The van der Waals surface area contributed by atoms with Gasteiger partial charge in [0.25, 0.3) is 0 Å². The second-order valence-corrected chi connectivity index (χ2v) is 8.42. The van der Waals surface area contributed by atoms with Crippen LogP contribution in [-0.4, -0.2) is 52.2 Å². The third kappa shape index (κ3) is 5.21. The smallest absolute Gasteiger partial charge is 0.303 e. The van der Waals surface area contributed by atoms with E-state index in [1.54, 1.807) is 12.1 Å². The van der Waals surface area contributed by atoms with Crippen LogP contribution in [0.2, 0.25) is 15.3 Å². The van der Waals surface area contributed by atoms with Gasteiger partial charge in [-0.3, -0.25) is 9.36 Å². The Balaban J connectivity index is 1.82. The van der Waals surface area contributed by atoms with Crippen molar-refractivity contribution in [2.75, 3.05) is 13.2 Å². The van der Waals surface area contributed by atoms with Crippen molar-refractivity contribution in [1.29, 1.82) is 0 Å². The molecule has 0 unspecified atom stereocenters. The number of fused-ring (bicyclic) bond motifs is 1. The van der Waals surface area contributed by atoms with Gasteiger partial charge in [-0.15, -0.1) is 0 Å². The Morgan fingerprint density at radius 1 is 1.23 bits per heavy atom. The summed E-state index contributed by atoms with van der Waals surface area (Å²) in [5.41, 5.74) is 1.05. The van der Waals surface area contributed by atoms with Crippen molar-refractivity contribution >= 4 is 51.8 Å². The first kappa shape index (κ1) is 23.6. The highest BCUT2D eigenvalue weighted by molar-refractivity contribution is 6.42. The first-order valence-corrected chi connectivity index (χ1v) is 11.1. The van der Waals surface area contributed by atoms with E-state index in [1.807, 2.05) is 0 Å². The van der Waals surface area contributed by atoms with Crippen molar-refractivity contribution in [3.05, 3.63) is 27.5 Å². The van der Waals surface area contributed by atoms with Crippen LogP contribution >= 0.6 is 34.8 Å². The SMILES string of the molecule is CCCCCCOC[C@H]1O[C@@H](n2c(Cl)nc3cc(Cl)c(Cl)cc32)[C@H](OC(C)=O)[C@@H]1O. The second kappa shape index (κ2) is 10.5. The molecule has 30 heavy (non-hydrogen) atoms. The van der Waals surface area contributed by atoms with E-state index in [2.05, 4.69) is 11.9 Å². The highest BCUT2D eigenvalue weighted by Crippen LogP contribution is 2.38. The number of rotatable bonds is 9. The minimum Gasteiger partial charge on any atom is -0.455 e. The molecule has 0 radical (unpaired) electrons. The van der Waals surface area contributed by atoms with E-state index >= 15 is 0 Å². The Kier molecular flexibility index (Phi) is 8.24. The number of hydrogen-bond acceptors (Lipinski definition) is 6. The number of unbranched alkanes of at least 4 members (excludes halogenated alkanes) is 3. The predicted molar refractivity (Wildman–Crippen MR) is 115 cm³/mol. The third-order valence-corrected chi connectivity index (χ3v) is 5.97. The minimum absolute atomic E-state index is 0.0961. The summed E-state index contributed by atoms with van der Waals surface area (Å²) in [6.45, 7) is 4.15. The first-order valence-electron chi connectivity index (χ1n) is 9.94. The summed E-state index contributed by atoms with van der Waals surface area (Å²) in [6.07, 6.45) is 0.654. The van der Waals surface area contributed by atoms with Crippen LogP contribution in [0.4, 0.5) is 0 Å². The summed E-state index contributed by atoms with van der Waals surface area (Å²) >= 11 is 18.6. The Morgan fingerprint density at radius 2 is 1.97 bits per heavy atom. The number of esters is 1. The molecule has 0 saturated carbocycles. The average Bonchev–Trinajstić information content (AvgIpc) is 3.14. The largest absolute Gasteiger partial charge is 0.455 e. The number of aliphatic hydroxyl groups is 1. The van der Waals surface area contributed by atoms with Crippen molar-refractivity contribution in [2.45, 2.75) is 64.1 Å². The van der Waals surface area contributed by atoms with Crippen LogP contribution in [0.3, 0.4) is 0 Å². The molecule has 166 valence electrons. The van der Waals surface area contributed by atoms with Crippen molar-refractivity contribution in [3.8, 4) is 0 Å². The maximum atomic E-state index is 11.7. The summed E-state index contributed by atoms with van der Waals surface area (Å²) in [6, 6.07) is 3.20. The monoisotopic (exact) mass is 478 g/mol. The molecule has 1 aliphatic rings. The van der Waals surface area contributed by atoms with Gasteiger partial charge in [0, 0.05) is 13.5 Å². The molecule has 0 aliphatic carbocycles. The number of benzene rings is 1. The quantitative estimate of drug-likeness (QED) is 0.411. The molecule has 1 N–H and O–H groups in total. The first-order chi connectivity index (χ1) is 14.3. The Bertz CT molecular complexity index is 891. The summed E-state index contributed by atoms with van der Waals surface area (Å²) in [7, 11) is 0. The van der Waals surface area contributed by atoms with Crippen molar-refractivity contribution in [3.63, 3.8) is 0 Å². The van der Waals surface area contributed by atoms with Gasteiger partial charge in [0.2, 0.25) is 5.28 Å². The molecule has 0 bridgehead atoms. The molecular weight excluding hydrogens is 455 g/mol. The number of nitrogens with zero attached hydrogens (tertiary/aromatic N) is 2. The zero-order valence-corrected chi connectivity index (χ0v) is 19.1. The van der Waals surface area contributed by atoms with Gasteiger partial charge in [-0.25, -0.2) is 4.98 Å². The Labute approximate surface area is 190 Å². The van der Waals surface area contributed by atoms with E-state index in [1.165, 1.54) is 11.5 Å². The van der Waals surface area contributed by atoms with Gasteiger partial charge in [-0.2, -0.15) is 0 Å². The fraction of sp³-hybridized carbons (Fsp3) is 0.600. The molecule has 1 fully saturated rings. The third-order valence-electron chi connectivity index (χ3n) is 4.98. The van der Waals surface area contributed by atoms with E-state index in [-0.39, 0.29) is 11.9 Å². The number of hydrogen-bond donors (Lipinski definition) is 1. The highest BCUT2D eigenvalue weighted by atomic mass is 35.5. The molecule has 0 spiro atoms. The van der Waals surface area contributed by atoms with Crippen LogP contribution in [0.5, 0.6) is 0 Å². The lowest BCUT2D eigenvalue weighted by Gasteiger charge is -2.22. The molecule has 1 aromatic carbocycles. The fourth-order valence-corrected chi connectivity index (χ4v) is 4.11. The lowest BCUT2D eigenvalue weighted by Crippen LogP contribution is -2.37. The molecular formula is C20H25Cl3N2O5. The topological polar surface area (TPSA) is 82.8 Å². The molecule has 10 heteroatoms. The second-order valence-electron chi connectivity index (χ2n) is 7.27. The maximum absolute atomic E-state index is 11.7. The summed E-state index contributed by atoms with van der Waals surface area (Å²) in [5, 5.41) is 11.5. The molecule has 0 amide bonds. The van der Waals surface area contributed by atoms with Gasteiger partial charge >= 0.3 is 5.97 Å². The summed E-state index contributed by atoms with van der Waals surface area (Å²) in [4.78, 5) is 15.9. The Hall–Kier alpha value is -1.09. The summed E-state index contributed by atoms with van der Waals surface area (Å²) < 4.78 is 18.6. The number of aromatic nitrogens is 2. The van der Waals surface area contributed by atoms with Gasteiger partial charge in [0.15, 0.2) is 12.3 Å². The van der Waals surface area contributed by atoms with Crippen LogP contribution in [0, 0.1) is 0 Å². The average molecular weight is 480 g/mol. The summed E-state index contributed by atoms with van der Waals surface area (Å²) in [5.74, 6) is -0.546. The number of halogens is 3. The van der Waals surface area contributed by atoms with Crippen LogP contribution < -0.4 is 0 Å². The molecule has 4 atom stereocenters. The lowest BCUT2D eigenvalue weighted by atomic mass is 10.1. The number of carbonyl (C=O) groups excluding carboxylic acids is 1. The van der Waals surface area contributed by atoms with E-state index in [0.29, 0.717) is 27.7 Å². The van der Waals surface area contributed by atoms with E-state index in [9.17, 15) is 9.90 Å². The van der Waals surface area contributed by atoms with E-state index in [4.69, 9.17) is 49.0 Å². The van der Waals surface area contributed by atoms with Crippen LogP contribution in [0.15, 0.2) is 12.1 Å². The van der Waals surface area contributed by atoms with Crippen molar-refractivity contribution in [1.82, 2.24) is 9.55 Å². The molecule has 1 saturated heterocycles. The molecule has 2 aromatic rings. The van der Waals surface area contributed by atoms with Gasteiger partial charge < -0.3 is 19.3 Å². The molecule has 3 rings (SSSR count). The van der Waals surface area contributed by atoms with Gasteiger partial charge in [-0.1, -0.05) is 49.4 Å². The zero-order valence-electron chi connectivity index (χ0n) is 16.8. The van der Waals surface area contributed by atoms with Gasteiger partial charge in [-0.05, 0) is 30.2 Å². The molecule has 1 aliphatic heterocycles. The van der Waals surface area contributed by atoms with Crippen LogP contribution in [0.1, 0.15) is 45.8 Å². The molecule has 2 heterocycles. The minimum atomic E-state index is -1.09. The Morgan fingerprint density at radius 3 is 2.67 bits per heavy atom. The number of imidazole rings is 1. The maximum Gasteiger partial charge on any atom is 0.303 e. The predicted octanol–water partition coefficient (Wildman–Crippen LogP) is 4.78. The lowest BCUT2D eigenvalue weighted by molar-refractivity contribution is -0.155. The standard InChI is InChI=1S/C20H25Cl3N2O5/c1-3-4-5-6-7-28-10-16-17(27)18(29-11(2)26)19(30-16)25-15-9-13(22)12(21)8-14(15)24-20(25)23/h8-9,16-19,27H,3-7,10H2,1-2H3/t16-,17-,18-,19-/m1/s1. The van der Waals surface area contributed by atoms with Crippen LogP contribution in [0.25, 0.3) is 11.0 Å². The zero-order chi connectivity index (χ0) is 21.8. The number of carbonyl (C=O) groups is 1. The van der Waals surface area contributed by atoms with E-state index in [0.717, 1.165) is 25.7 Å². The van der Waals surface area contributed by atoms with Crippen LogP contribution in [-0.2, 0) is 19.0 Å². The molecule has 1 aromatic heterocycles. The fourth-order valence-electron chi connectivity index (χ4n) is 3.52. The van der Waals surface area contributed by atoms with Gasteiger partial charge in [0.05, 0.1) is 27.7 Å². The number of ether oxygens (including phenoxy) is 3. The van der Waals surface area contributed by atoms with Crippen molar-refractivity contribution < 1.29 is 24.1 Å². The van der Waals surface area contributed by atoms with Crippen molar-refractivity contribution in [2.24, 2.45) is 0 Å². The molecule has 7 nitrogen and oxygen atoms in total. The normalized spacial score (nSPS) is 23.9.